The molecule has 130 valence electrons. The molecule has 1 amide bonds. The zero-order valence-corrected chi connectivity index (χ0v) is 14.6. The molecule has 26 heavy (non-hydrogen) atoms. The molecule has 0 fully saturated rings. The molecule has 3 aromatic carbocycles. The van der Waals surface area contributed by atoms with Crippen LogP contribution in [-0.4, -0.2) is 15.6 Å². The third kappa shape index (κ3) is 2.55. The normalized spacial score (nSPS) is 11.3. The molecule has 0 radical (unpaired) electrons. The van der Waals surface area contributed by atoms with E-state index >= 15 is 0 Å². The van der Waals surface area contributed by atoms with Crippen LogP contribution in [0.25, 0.3) is 21.8 Å². The van der Waals surface area contributed by atoms with Gasteiger partial charge in [-0.2, -0.15) is 0 Å². The molecule has 1 aromatic heterocycles. The van der Waals surface area contributed by atoms with E-state index in [0.717, 1.165) is 27.4 Å². The first-order valence-corrected chi connectivity index (χ1v) is 8.59. The fourth-order valence-corrected chi connectivity index (χ4v) is 3.62. The third-order valence-electron chi connectivity index (χ3n) is 4.99. The van der Waals surface area contributed by atoms with E-state index in [-0.39, 0.29) is 6.61 Å². The Morgan fingerprint density at radius 3 is 2.58 bits per heavy atom. The molecule has 4 nitrogen and oxygen atoms in total. The van der Waals surface area contributed by atoms with Crippen LogP contribution in [0.4, 0.5) is 0 Å². The number of rotatable bonds is 4. The minimum absolute atomic E-state index is 0.0233. The van der Waals surface area contributed by atoms with Crippen LogP contribution in [0.1, 0.15) is 27.0 Å². The van der Waals surface area contributed by atoms with Gasteiger partial charge in [-0.15, -0.1) is 0 Å². The topological polar surface area (TPSA) is 68.2 Å². The molecular weight excluding hydrogens is 324 g/mol. The van der Waals surface area contributed by atoms with E-state index in [1.54, 1.807) is 6.07 Å². The number of aliphatic hydroxyl groups excluding tert-OH is 1. The number of primary amides is 1. The van der Waals surface area contributed by atoms with Crippen LogP contribution in [0, 0.1) is 6.92 Å². The predicted octanol–water partition coefficient (Wildman–Crippen LogP) is 3.74. The molecule has 0 atom stereocenters. The van der Waals surface area contributed by atoms with Gasteiger partial charge in [0.25, 0.3) is 0 Å². The average molecular weight is 344 g/mol. The number of aryl methyl sites for hydroxylation is 1. The number of amides is 1. The highest BCUT2D eigenvalue weighted by Crippen LogP contribution is 2.33. The first-order chi connectivity index (χ1) is 12.6. The Morgan fingerprint density at radius 1 is 1.04 bits per heavy atom. The Hall–Kier alpha value is -3.11. The summed E-state index contributed by atoms with van der Waals surface area (Å²) < 4.78 is 2.19. The number of aliphatic hydroxyl groups is 1. The summed E-state index contributed by atoms with van der Waals surface area (Å²) in [7, 11) is 0. The molecular formula is C22H20N2O2. The molecule has 4 rings (SSSR count). The van der Waals surface area contributed by atoms with Crippen molar-refractivity contribution in [3.63, 3.8) is 0 Å². The van der Waals surface area contributed by atoms with Crippen molar-refractivity contribution in [1.29, 1.82) is 0 Å². The molecule has 0 bridgehead atoms. The van der Waals surface area contributed by atoms with Crippen LogP contribution in [0.5, 0.6) is 0 Å². The largest absolute Gasteiger partial charge is 0.392 e. The van der Waals surface area contributed by atoms with Crippen molar-refractivity contribution in [1.82, 2.24) is 4.57 Å². The number of hydrogen-bond acceptors (Lipinski definition) is 2. The van der Waals surface area contributed by atoms with E-state index < -0.39 is 5.91 Å². The van der Waals surface area contributed by atoms with E-state index in [9.17, 15) is 9.90 Å². The Labute approximate surface area is 151 Å². The van der Waals surface area contributed by atoms with Crippen molar-refractivity contribution in [3.8, 4) is 0 Å². The maximum absolute atomic E-state index is 12.0. The van der Waals surface area contributed by atoms with Gasteiger partial charge in [0.2, 0.25) is 5.91 Å². The van der Waals surface area contributed by atoms with E-state index in [1.165, 1.54) is 11.1 Å². The first kappa shape index (κ1) is 16.4. The van der Waals surface area contributed by atoms with E-state index in [2.05, 4.69) is 23.6 Å². The van der Waals surface area contributed by atoms with Crippen LogP contribution < -0.4 is 5.73 Å². The lowest BCUT2D eigenvalue weighted by atomic mass is 10.0. The summed E-state index contributed by atoms with van der Waals surface area (Å²) in [6.07, 6.45) is 0. The van der Waals surface area contributed by atoms with Gasteiger partial charge in [0.15, 0.2) is 0 Å². The lowest BCUT2D eigenvalue weighted by Crippen LogP contribution is -2.11. The van der Waals surface area contributed by atoms with Gasteiger partial charge in [0.05, 0.1) is 12.1 Å². The van der Waals surface area contributed by atoms with Gasteiger partial charge < -0.3 is 15.4 Å². The molecule has 0 aliphatic carbocycles. The fraction of sp³-hybridized carbons (Fsp3) is 0.136. The highest BCUT2D eigenvalue weighted by molar-refractivity contribution is 6.17. The van der Waals surface area contributed by atoms with Crippen LogP contribution >= 0.6 is 0 Å². The molecule has 0 aliphatic heterocycles. The number of carbonyl (C=O) groups excluding carboxylic acids is 1. The zero-order chi connectivity index (χ0) is 18.3. The van der Waals surface area contributed by atoms with E-state index in [4.69, 9.17) is 5.73 Å². The number of hydrogen-bond donors (Lipinski definition) is 2. The standard InChI is InChI=1S/C22H20N2O2/c1-14-5-2-3-6-16(14)12-24-19-8-4-7-18(22(23)26)21(19)17-10-9-15(13-25)11-20(17)24/h2-11,25H,12-13H2,1H3,(H2,23,26). The van der Waals surface area contributed by atoms with Crippen molar-refractivity contribution in [2.24, 2.45) is 5.73 Å². The quantitative estimate of drug-likeness (QED) is 0.592. The van der Waals surface area contributed by atoms with Crippen LogP contribution in [0.2, 0.25) is 0 Å². The number of nitrogens with two attached hydrogens (primary N) is 1. The molecule has 4 heteroatoms. The van der Waals surface area contributed by atoms with Crippen molar-refractivity contribution in [3.05, 3.63) is 82.9 Å². The molecule has 0 saturated heterocycles. The Kier molecular flexibility index (Phi) is 3.98. The summed E-state index contributed by atoms with van der Waals surface area (Å²) in [6, 6.07) is 19.7. The first-order valence-electron chi connectivity index (χ1n) is 8.59. The summed E-state index contributed by atoms with van der Waals surface area (Å²) in [5.74, 6) is -0.434. The van der Waals surface area contributed by atoms with Gasteiger partial charge >= 0.3 is 0 Å². The molecule has 4 aromatic rings. The second kappa shape index (κ2) is 6.32. The summed E-state index contributed by atoms with van der Waals surface area (Å²) in [6.45, 7) is 2.76. The summed E-state index contributed by atoms with van der Waals surface area (Å²) in [5.41, 5.74) is 11.4. The van der Waals surface area contributed by atoms with Crippen LogP contribution in [0.3, 0.4) is 0 Å². The molecule has 0 spiro atoms. The Bertz CT molecular complexity index is 1140. The second-order valence-corrected chi connectivity index (χ2v) is 6.59. The van der Waals surface area contributed by atoms with Gasteiger partial charge in [0.1, 0.15) is 0 Å². The number of aromatic nitrogens is 1. The third-order valence-corrected chi connectivity index (χ3v) is 4.99. The van der Waals surface area contributed by atoms with Crippen molar-refractivity contribution in [2.75, 3.05) is 0 Å². The van der Waals surface area contributed by atoms with Gasteiger partial charge in [-0.3, -0.25) is 4.79 Å². The lowest BCUT2D eigenvalue weighted by molar-refractivity contribution is 0.100. The molecule has 1 heterocycles. The number of benzene rings is 3. The van der Waals surface area contributed by atoms with E-state index in [0.29, 0.717) is 12.1 Å². The van der Waals surface area contributed by atoms with Crippen LogP contribution in [-0.2, 0) is 13.2 Å². The highest BCUT2D eigenvalue weighted by atomic mass is 16.3. The van der Waals surface area contributed by atoms with Gasteiger partial charge in [-0.05, 0) is 41.8 Å². The minimum Gasteiger partial charge on any atom is -0.392 e. The number of carbonyl (C=O) groups is 1. The van der Waals surface area contributed by atoms with Gasteiger partial charge in [0, 0.05) is 28.4 Å². The van der Waals surface area contributed by atoms with Crippen LogP contribution in [0.15, 0.2) is 60.7 Å². The van der Waals surface area contributed by atoms with Crippen molar-refractivity contribution >= 4 is 27.7 Å². The SMILES string of the molecule is Cc1ccccc1Cn1c2cc(CO)ccc2c2c(C(N)=O)cccc21. The summed E-state index contributed by atoms with van der Waals surface area (Å²) in [5, 5.41) is 11.4. The minimum atomic E-state index is -0.434. The molecule has 0 unspecified atom stereocenters. The molecule has 0 aliphatic rings. The Morgan fingerprint density at radius 2 is 1.85 bits per heavy atom. The maximum atomic E-state index is 12.0. The Balaban J connectivity index is 2.07. The number of fused-ring (bicyclic) bond motifs is 3. The van der Waals surface area contributed by atoms with Gasteiger partial charge in [-0.1, -0.05) is 42.5 Å². The molecule has 3 N–H and O–H groups in total. The van der Waals surface area contributed by atoms with Gasteiger partial charge in [-0.25, -0.2) is 0 Å². The number of nitrogens with zero attached hydrogens (tertiary/aromatic N) is 1. The maximum Gasteiger partial charge on any atom is 0.249 e. The fourth-order valence-electron chi connectivity index (χ4n) is 3.62. The monoisotopic (exact) mass is 344 g/mol. The summed E-state index contributed by atoms with van der Waals surface area (Å²) in [4.78, 5) is 12.0. The highest BCUT2D eigenvalue weighted by Gasteiger charge is 2.17. The zero-order valence-electron chi connectivity index (χ0n) is 14.6. The van der Waals surface area contributed by atoms with Crippen molar-refractivity contribution in [2.45, 2.75) is 20.1 Å². The molecule has 0 saturated carbocycles. The van der Waals surface area contributed by atoms with E-state index in [1.807, 2.05) is 42.5 Å². The second-order valence-electron chi connectivity index (χ2n) is 6.59. The van der Waals surface area contributed by atoms with Crippen molar-refractivity contribution < 1.29 is 9.90 Å². The average Bonchev–Trinajstić information content (AvgIpc) is 2.96. The summed E-state index contributed by atoms with van der Waals surface area (Å²) >= 11 is 0. The lowest BCUT2D eigenvalue weighted by Gasteiger charge is -2.11. The smallest absolute Gasteiger partial charge is 0.249 e. The predicted molar refractivity (Wildman–Crippen MR) is 104 cm³/mol.